The third kappa shape index (κ3) is 3.80. The molecule has 0 bridgehead atoms. The lowest BCUT2D eigenvalue weighted by Gasteiger charge is -2.23. The van der Waals surface area contributed by atoms with Gasteiger partial charge < -0.3 is 18.8 Å². The second-order valence-electron chi connectivity index (χ2n) is 4.81. The van der Waals surface area contributed by atoms with Crippen molar-refractivity contribution in [3.05, 3.63) is 18.7 Å². The first-order chi connectivity index (χ1) is 8.72. The Morgan fingerprint density at radius 2 is 2.39 bits per heavy atom. The average molecular weight is 254 g/mol. The van der Waals surface area contributed by atoms with Gasteiger partial charge in [-0.15, -0.1) is 0 Å². The van der Waals surface area contributed by atoms with Crippen molar-refractivity contribution in [3.8, 4) is 0 Å². The van der Waals surface area contributed by atoms with Crippen LogP contribution in [0.15, 0.2) is 18.7 Å². The fourth-order valence-electron chi connectivity index (χ4n) is 2.03. The Morgan fingerprint density at radius 1 is 1.50 bits per heavy atom. The quantitative estimate of drug-likeness (QED) is 0.700. The Morgan fingerprint density at radius 3 is 3.11 bits per heavy atom. The summed E-state index contributed by atoms with van der Waals surface area (Å²) in [7, 11) is 0. The van der Waals surface area contributed by atoms with Crippen LogP contribution in [0.4, 0.5) is 0 Å². The van der Waals surface area contributed by atoms with Crippen LogP contribution in [-0.4, -0.2) is 34.8 Å². The Kier molecular flexibility index (Phi) is 4.74. The lowest BCUT2D eigenvalue weighted by molar-refractivity contribution is -0.207. The van der Waals surface area contributed by atoms with Gasteiger partial charge in [0.25, 0.3) is 0 Å². The lowest BCUT2D eigenvalue weighted by atomic mass is 10.3. The zero-order valence-electron chi connectivity index (χ0n) is 11.2. The molecule has 5 nitrogen and oxygen atoms in total. The predicted molar refractivity (Wildman–Crippen MR) is 66.9 cm³/mol. The van der Waals surface area contributed by atoms with Crippen LogP contribution in [0.25, 0.3) is 0 Å². The van der Waals surface area contributed by atoms with Crippen molar-refractivity contribution >= 4 is 0 Å². The molecule has 0 radical (unpaired) electrons. The molecule has 0 aliphatic carbocycles. The van der Waals surface area contributed by atoms with Gasteiger partial charge in [0.15, 0.2) is 12.1 Å². The van der Waals surface area contributed by atoms with E-state index < -0.39 is 5.79 Å². The summed E-state index contributed by atoms with van der Waals surface area (Å²) < 4.78 is 19.1. The van der Waals surface area contributed by atoms with E-state index in [2.05, 4.69) is 11.9 Å². The topological polar surface area (TPSA) is 45.5 Å². The Hall–Kier alpha value is -0.910. The highest BCUT2D eigenvalue weighted by Crippen LogP contribution is 2.25. The molecule has 2 heterocycles. The van der Waals surface area contributed by atoms with E-state index >= 15 is 0 Å². The first-order valence-electron chi connectivity index (χ1n) is 6.61. The predicted octanol–water partition coefficient (Wildman–Crippen LogP) is 2.18. The van der Waals surface area contributed by atoms with Gasteiger partial charge in [0.05, 0.1) is 12.9 Å². The molecule has 2 unspecified atom stereocenters. The SMILES string of the molecule is CCCCCOC1COC(C)(Cn2ccnc2)O1. The highest BCUT2D eigenvalue weighted by atomic mass is 16.8. The summed E-state index contributed by atoms with van der Waals surface area (Å²) >= 11 is 0. The van der Waals surface area contributed by atoms with E-state index in [1.54, 1.807) is 12.5 Å². The average Bonchev–Trinajstić information content (AvgIpc) is 2.96. The van der Waals surface area contributed by atoms with Gasteiger partial charge in [-0.1, -0.05) is 19.8 Å². The monoisotopic (exact) mass is 254 g/mol. The summed E-state index contributed by atoms with van der Waals surface area (Å²) in [5.74, 6) is -0.615. The van der Waals surface area contributed by atoms with E-state index in [1.807, 2.05) is 17.7 Å². The number of rotatable bonds is 7. The van der Waals surface area contributed by atoms with Gasteiger partial charge in [-0.05, 0) is 13.3 Å². The maximum Gasteiger partial charge on any atom is 0.186 e. The normalized spacial score (nSPS) is 27.8. The Balaban J connectivity index is 1.73. The van der Waals surface area contributed by atoms with Gasteiger partial charge in [0, 0.05) is 19.0 Å². The summed E-state index contributed by atoms with van der Waals surface area (Å²) in [4.78, 5) is 4.01. The molecule has 18 heavy (non-hydrogen) atoms. The lowest BCUT2D eigenvalue weighted by Crippen LogP contribution is -2.32. The molecule has 0 saturated carbocycles. The molecule has 1 fully saturated rings. The molecule has 5 heteroatoms. The van der Waals surface area contributed by atoms with Gasteiger partial charge in [0.1, 0.15) is 6.61 Å². The van der Waals surface area contributed by atoms with Crippen LogP contribution in [0.5, 0.6) is 0 Å². The number of aromatic nitrogens is 2. The third-order valence-electron chi connectivity index (χ3n) is 2.99. The summed E-state index contributed by atoms with van der Waals surface area (Å²) in [6, 6.07) is 0. The molecule has 1 aliphatic heterocycles. The van der Waals surface area contributed by atoms with Gasteiger partial charge in [-0.2, -0.15) is 0 Å². The van der Waals surface area contributed by atoms with Crippen molar-refractivity contribution in [2.24, 2.45) is 0 Å². The Labute approximate surface area is 108 Å². The van der Waals surface area contributed by atoms with Crippen LogP contribution in [0, 0.1) is 0 Å². The van der Waals surface area contributed by atoms with Crippen molar-refractivity contribution in [1.82, 2.24) is 9.55 Å². The Bertz CT molecular complexity index is 342. The van der Waals surface area contributed by atoms with Crippen LogP contribution in [0.3, 0.4) is 0 Å². The van der Waals surface area contributed by atoms with E-state index in [1.165, 1.54) is 12.8 Å². The van der Waals surface area contributed by atoms with Crippen molar-refractivity contribution in [3.63, 3.8) is 0 Å². The number of unbranched alkanes of at least 4 members (excludes halogenated alkanes) is 2. The highest BCUT2D eigenvalue weighted by Gasteiger charge is 2.38. The first kappa shape index (κ1) is 13.5. The fourth-order valence-corrected chi connectivity index (χ4v) is 2.03. The van der Waals surface area contributed by atoms with Gasteiger partial charge >= 0.3 is 0 Å². The zero-order chi connectivity index (χ0) is 12.8. The third-order valence-corrected chi connectivity index (χ3v) is 2.99. The summed E-state index contributed by atoms with van der Waals surface area (Å²) in [5.41, 5.74) is 0. The number of nitrogens with zero attached hydrogens (tertiary/aromatic N) is 2. The van der Waals surface area contributed by atoms with Crippen molar-refractivity contribution in [2.45, 2.75) is 51.7 Å². The minimum atomic E-state index is -0.615. The van der Waals surface area contributed by atoms with Crippen molar-refractivity contribution < 1.29 is 14.2 Å². The second-order valence-corrected chi connectivity index (χ2v) is 4.81. The van der Waals surface area contributed by atoms with Crippen molar-refractivity contribution in [2.75, 3.05) is 13.2 Å². The molecular formula is C13H22N2O3. The summed E-state index contributed by atoms with van der Waals surface area (Å²) in [6.07, 6.45) is 8.63. The van der Waals surface area contributed by atoms with Crippen LogP contribution >= 0.6 is 0 Å². The number of hydrogen-bond acceptors (Lipinski definition) is 4. The van der Waals surface area contributed by atoms with Crippen LogP contribution in [0.2, 0.25) is 0 Å². The van der Waals surface area contributed by atoms with E-state index in [0.29, 0.717) is 13.2 Å². The number of ether oxygens (including phenoxy) is 3. The molecule has 1 aromatic rings. The largest absolute Gasteiger partial charge is 0.350 e. The molecular weight excluding hydrogens is 232 g/mol. The van der Waals surface area contributed by atoms with Crippen LogP contribution in [-0.2, 0) is 20.8 Å². The maximum atomic E-state index is 5.81. The van der Waals surface area contributed by atoms with Crippen molar-refractivity contribution in [1.29, 1.82) is 0 Å². The van der Waals surface area contributed by atoms with E-state index in [4.69, 9.17) is 14.2 Å². The van der Waals surface area contributed by atoms with Gasteiger partial charge in [-0.3, -0.25) is 0 Å². The second kappa shape index (κ2) is 6.31. The van der Waals surface area contributed by atoms with E-state index in [0.717, 1.165) is 13.0 Å². The molecule has 1 saturated heterocycles. The van der Waals surface area contributed by atoms with E-state index in [-0.39, 0.29) is 6.29 Å². The first-order valence-corrected chi connectivity index (χ1v) is 6.61. The highest BCUT2D eigenvalue weighted by molar-refractivity contribution is 4.79. The van der Waals surface area contributed by atoms with Crippen LogP contribution < -0.4 is 0 Å². The molecule has 0 amide bonds. The minimum Gasteiger partial charge on any atom is -0.350 e. The van der Waals surface area contributed by atoms with E-state index in [9.17, 15) is 0 Å². The molecule has 2 rings (SSSR count). The molecule has 102 valence electrons. The molecule has 2 atom stereocenters. The van der Waals surface area contributed by atoms with Gasteiger partial charge in [-0.25, -0.2) is 4.98 Å². The van der Waals surface area contributed by atoms with Crippen LogP contribution in [0.1, 0.15) is 33.1 Å². The number of imidazole rings is 1. The fraction of sp³-hybridized carbons (Fsp3) is 0.769. The molecule has 0 aromatic carbocycles. The molecule has 1 aromatic heterocycles. The molecule has 0 N–H and O–H groups in total. The smallest absolute Gasteiger partial charge is 0.186 e. The molecule has 0 spiro atoms. The zero-order valence-corrected chi connectivity index (χ0v) is 11.2. The maximum absolute atomic E-state index is 5.81. The standard InChI is InChI=1S/C13H22N2O3/c1-3-4-5-8-16-12-9-17-13(2,18-12)10-15-7-6-14-11-15/h6-7,11-12H,3-5,8-10H2,1-2H3. The summed E-state index contributed by atoms with van der Waals surface area (Å²) in [5, 5.41) is 0. The van der Waals surface area contributed by atoms with Gasteiger partial charge in [0.2, 0.25) is 0 Å². The molecule has 1 aliphatic rings. The minimum absolute atomic E-state index is 0.240. The summed E-state index contributed by atoms with van der Waals surface area (Å²) in [6.45, 7) is 5.97. The number of hydrogen-bond donors (Lipinski definition) is 0.